The van der Waals surface area contributed by atoms with E-state index in [1.165, 1.54) is 0 Å². The van der Waals surface area contributed by atoms with E-state index in [4.69, 9.17) is 10.9 Å². The summed E-state index contributed by atoms with van der Waals surface area (Å²) in [5.41, 5.74) is 7.45. The van der Waals surface area contributed by atoms with E-state index in [1.54, 1.807) is 0 Å². The van der Waals surface area contributed by atoms with Gasteiger partial charge in [-0.15, -0.1) is 0 Å². The highest BCUT2D eigenvalue weighted by Gasteiger charge is 2.18. The van der Waals surface area contributed by atoms with E-state index in [-0.39, 0.29) is 5.84 Å². The van der Waals surface area contributed by atoms with Crippen LogP contribution in [0.4, 0.5) is 11.5 Å². The lowest BCUT2D eigenvalue weighted by Gasteiger charge is -2.36. The van der Waals surface area contributed by atoms with Crippen molar-refractivity contribution in [3.05, 3.63) is 54.2 Å². The molecule has 1 aromatic carbocycles. The van der Waals surface area contributed by atoms with E-state index in [0.717, 1.165) is 43.2 Å². The maximum Gasteiger partial charge on any atom is 0.170 e. The van der Waals surface area contributed by atoms with Crippen molar-refractivity contribution in [1.82, 2.24) is 4.98 Å². The molecule has 3 rings (SSSR count). The summed E-state index contributed by atoms with van der Waals surface area (Å²) in [4.78, 5) is 9.02. The highest BCUT2D eigenvalue weighted by atomic mass is 16.4. The first kappa shape index (κ1) is 14.2. The maximum atomic E-state index is 8.68. The Balaban J connectivity index is 1.64. The number of anilines is 2. The van der Waals surface area contributed by atoms with Crippen LogP contribution < -0.4 is 15.5 Å². The number of benzene rings is 1. The van der Waals surface area contributed by atoms with Gasteiger partial charge in [0.1, 0.15) is 5.82 Å². The van der Waals surface area contributed by atoms with E-state index in [2.05, 4.69) is 19.9 Å². The van der Waals surface area contributed by atoms with E-state index in [0.29, 0.717) is 0 Å². The van der Waals surface area contributed by atoms with Crippen LogP contribution in [0.15, 0.2) is 53.8 Å². The Kier molecular flexibility index (Phi) is 4.09. The molecule has 22 heavy (non-hydrogen) atoms. The van der Waals surface area contributed by atoms with E-state index >= 15 is 0 Å². The monoisotopic (exact) mass is 297 g/mol. The number of nitrogens with two attached hydrogens (primary N) is 1. The van der Waals surface area contributed by atoms with Crippen LogP contribution in [0, 0.1) is 0 Å². The summed E-state index contributed by atoms with van der Waals surface area (Å²) in [6.45, 7) is 3.77. The molecule has 1 aliphatic rings. The molecule has 114 valence electrons. The number of oxime groups is 1. The predicted octanol–water partition coefficient (Wildman–Crippen LogP) is 1.50. The first-order chi connectivity index (χ1) is 10.8. The van der Waals surface area contributed by atoms with Crippen LogP contribution >= 0.6 is 0 Å². The van der Waals surface area contributed by atoms with E-state index in [1.807, 2.05) is 48.7 Å². The van der Waals surface area contributed by atoms with Gasteiger partial charge in [-0.1, -0.05) is 11.2 Å². The number of pyridine rings is 1. The minimum atomic E-state index is 0.131. The highest BCUT2D eigenvalue weighted by Crippen LogP contribution is 2.19. The number of piperazine rings is 1. The van der Waals surface area contributed by atoms with Crippen molar-refractivity contribution in [2.45, 2.75) is 0 Å². The second kappa shape index (κ2) is 6.34. The Bertz CT molecular complexity index is 633. The van der Waals surface area contributed by atoms with Gasteiger partial charge < -0.3 is 20.7 Å². The molecule has 1 fully saturated rings. The molecule has 3 N–H and O–H groups in total. The smallest absolute Gasteiger partial charge is 0.170 e. The lowest BCUT2D eigenvalue weighted by Crippen LogP contribution is -2.46. The van der Waals surface area contributed by atoms with Crippen LogP contribution in [-0.4, -0.2) is 42.2 Å². The molecule has 0 radical (unpaired) electrons. The molecular weight excluding hydrogens is 278 g/mol. The third-order valence-corrected chi connectivity index (χ3v) is 3.89. The number of hydrogen-bond acceptors (Lipinski definition) is 5. The van der Waals surface area contributed by atoms with Crippen LogP contribution in [0.5, 0.6) is 0 Å². The molecule has 0 atom stereocenters. The van der Waals surface area contributed by atoms with Gasteiger partial charge in [0, 0.05) is 43.6 Å². The van der Waals surface area contributed by atoms with Gasteiger partial charge in [0.15, 0.2) is 5.84 Å². The summed E-state index contributed by atoms with van der Waals surface area (Å²) >= 11 is 0. The highest BCUT2D eigenvalue weighted by molar-refractivity contribution is 5.97. The van der Waals surface area contributed by atoms with Gasteiger partial charge in [-0.05, 0) is 36.4 Å². The SMILES string of the molecule is N/C(=N\O)c1ccc(N2CCN(c3ccccn3)CC2)cc1. The minimum Gasteiger partial charge on any atom is -0.409 e. The second-order valence-corrected chi connectivity index (χ2v) is 5.19. The third-order valence-electron chi connectivity index (χ3n) is 3.89. The number of aromatic nitrogens is 1. The fourth-order valence-corrected chi connectivity index (χ4v) is 2.64. The largest absolute Gasteiger partial charge is 0.409 e. The van der Waals surface area contributed by atoms with Gasteiger partial charge in [-0.25, -0.2) is 4.98 Å². The van der Waals surface area contributed by atoms with Crippen molar-refractivity contribution in [1.29, 1.82) is 0 Å². The average Bonchev–Trinajstić information content (AvgIpc) is 2.62. The van der Waals surface area contributed by atoms with Crippen molar-refractivity contribution in [3.63, 3.8) is 0 Å². The van der Waals surface area contributed by atoms with Crippen molar-refractivity contribution in [3.8, 4) is 0 Å². The zero-order valence-corrected chi connectivity index (χ0v) is 12.3. The van der Waals surface area contributed by atoms with Crippen molar-refractivity contribution in [2.24, 2.45) is 10.9 Å². The van der Waals surface area contributed by atoms with Crippen LogP contribution in [-0.2, 0) is 0 Å². The molecule has 0 bridgehead atoms. The van der Waals surface area contributed by atoms with Gasteiger partial charge in [0.05, 0.1) is 0 Å². The molecule has 2 heterocycles. The molecule has 1 saturated heterocycles. The standard InChI is InChI=1S/C16H19N5O/c17-16(19-22)13-4-6-14(7-5-13)20-9-11-21(12-10-20)15-3-1-2-8-18-15/h1-8,22H,9-12H2,(H2,17,19). The van der Waals surface area contributed by atoms with E-state index < -0.39 is 0 Å². The predicted molar refractivity (Wildman–Crippen MR) is 87.6 cm³/mol. The second-order valence-electron chi connectivity index (χ2n) is 5.19. The third kappa shape index (κ3) is 2.95. The van der Waals surface area contributed by atoms with Gasteiger partial charge in [0.25, 0.3) is 0 Å². The van der Waals surface area contributed by atoms with Gasteiger partial charge in [-0.3, -0.25) is 0 Å². The van der Waals surface area contributed by atoms with Crippen LogP contribution in [0.1, 0.15) is 5.56 Å². The van der Waals surface area contributed by atoms with Gasteiger partial charge in [0.2, 0.25) is 0 Å². The van der Waals surface area contributed by atoms with Crippen LogP contribution in [0.3, 0.4) is 0 Å². The average molecular weight is 297 g/mol. The topological polar surface area (TPSA) is 78.0 Å². The fourth-order valence-electron chi connectivity index (χ4n) is 2.64. The molecule has 0 unspecified atom stereocenters. The Hall–Kier alpha value is -2.76. The Morgan fingerprint density at radius 2 is 1.68 bits per heavy atom. The summed E-state index contributed by atoms with van der Waals surface area (Å²) in [5, 5.41) is 11.7. The number of nitrogens with zero attached hydrogens (tertiary/aromatic N) is 4. The summed E-state index contributed by atoms with van der Waals surface area (Å²) in [5.74, 6) is 1.16. The van der Waals surface area contributed by atoms with Gasteiger partial charge >= 0.3 is 0 Å². The molecule has 1 aliphatic heterocycles. The minimum absolute atomic E-state index is 0.131. The molecule has 0 aliphatic carbocycles. The lowest BCUT2D eigenvalue weighted by molar-refractivity contribution is 0.318. The quantitative estimate of drug-likeness (QED) is 0.388. The van der Waals surface area contributed by atoms with Crippen molar-refractivity contribution in [2.75, 3.05) is 36.0 Å². The molecule has 6 nitrogen and oxygen atoms in total. The maximum absolute atomic E-state index is 8.68. The normalized spacial score (nSPS) is 15.9. The Morgan fingerprint density at radius 3 is 2.27 bits per heavy atom. The van der Waals surface area contributed by atoms with Crippen molar-refractivity contribution < 1.29 is 5.21 Å². The van der Waals surface area contributed by atoms with Crippen molar-refractivity contribution >= 4 is 17.3 Å². The summed E-state index contributed by atoms with van der Waals surface area (Å²) in [6, 6.07) is 13.7. The molecule has 2 aromatic rings. The zero-order chi connectivity index (χ0) is 15.4. The van der Waals surface area contributed by atoms with Crippen LogP contribution in [0.25, 0.3) is 0 Å². The summed E-state index contributed by atoms with van der Waals surface area (Å²) in [6.07, 6.45) is 1.83. The first-order valence-electron chi connectivity index (χ1n) is 7.27. The number of rotatable bonds is 3. The molecule has 0 amide bonds. The van der Waals surface area contributed by atoms with Gasteiger partial charge in [-0.2, -0.15) is 0 Å². The molecule has 0 spiro atoms. The molecule has 6 heteroatoms. The molecule has 0 saturated carbocycles. The number of hydrogen-bond donors (Lipinski definition) is 2. The number of amidine groups is 1. The Labute approximate surface area is 129 Å². The van der Waals surface area contributed by atoms with E-state index in [9.17, 15) is 0 Å². The first-order valence-corrected chi connectivity index (χ1v) is 7.27. The fraction of sp³-hybridized carbons (Fsp3) is 0.250. The zero-order valence-electron chi connectivity index (χ0n) is 12.3. The molecular formula is C16H19N5O. The lowest BCUT2D eigenvalue weighted by atomic mass is 10.1. The summed E-state index contributed by atoms with van der Waals surface area (Å²) < 4.78 is 0. The Morgan fingerprint density at radius 1 is 1.00 bits per heavy atom. The molecule has 1 aromatic heterocycles. The van der Waals surface area contributed by atoms with Crippen LogP contribution in [0.2, 0.25) is 0 Å². The summed E-state index contributed by atoms with van der Waals surface area (Å²) in [7, 11) is 0.